The van der Waals surface area contributed by atoms with Crippen molar-refractivity contribution >= 4 is 17.2 Å². The predicted octanol–water partition coefficient (Wildman–Crippen LogP) is 3.53. The highest BCUT2D eigenvalue weighted by Gasteiger charge is 2.34. The molecule has 2 aromatic rings. The van der Waals surface area contributed by atoms with E-state index in [0.29, 0.717) is 12.2 Å². The number of rotatable bonds is 4. The number of hydrogen-bond donors (Lipinski definition) is 0. The lowest BCUT2D eigenvalue weighted by molar-refractivity contribution is -0.128. The number of aromatic nitrogens is 2. The molecule has 0 bridgehead atoms. The summed E-state index contributed by atoms with van der Waals surface area (Å²) in [5.74, 6) is -0.0609. The van der Waals surface area contributed by atoms with Crippen LogP contribution in [0.5, 0.6) is 0 Å². The van der Waals surface area contributed by atoms with Gasteiger partial charge in [-0.2, -0.15) is 5.26 Å². The molecule has 2 atom stereocenters. The molecule has 0 N–H and O–H groups in total. The van der Waals surface area contributed by atoms with Crippen molar-refractivity contribution in [1.82, 2.24) is 20.0 Å². The molecule has 1 aliphatic heterocycles. The van der Waals surface area contributed by atoms with E-state index in [2.05, 4.69) is 22.8 Å². The van der Waals surface area contributed by atoms with Crippen LogP contribution in [0.3, 0.4) is 0 Å². The van der Waals surface area contributed by atoms with Crippen LogP contribution in [0.2, 0.25) is 0 Å². The third kappa shape index (κ3) is 3.49. The van der Waals surface area contributed by atoms with Crippen molar-refractivity contribution in [2.75, 3.05) is 0 Å². The van der Waals surface area contributed by atoms with Gasteiger partial charge in [-0.05, 0) is 19.3 Å². The molecule has 1 amide bonds. The zero-order valence-corrected chi connectivity index (χ0v) is 15.6. The van der Waals surface area contributed by atoms with E-state index in [-0.39, 0.29) is 17.9 Å². The average Bonchev–Trinajstić information content (AvgIpc) is 3.36. The summed E-state index contributed by atoms with van der Waals surface area (Å²) in [7, 11) is 0. The summed E-state index contributed by atoms with van der Waals surface area (Å²) in [6.45, 7) is 4.44. The lowest BCUT2D eigenvalue weighted by atomic mass is 10.1. The number of amides is 1. The van der Waals surface area contributed by atoms with E-state index in [1.165, 1.54) is 11.3 Å². The largest absolute Gasteiger partial charge is 0.336 e. The van der Waals surface area contributed by atoms with Crippen LogP contribution in [-0.4, -0.2) is 31.9 Å². The Morgan fingerprint density at radius 1 is 1.22 bits per heavy atom. The molecule has 1 saturated carbocycles. The standard InChI is InChI=1S/C20H19N5OS/c1-14-20(26)25(17-8-7-15(11-17)12-21)10-9-24(14)13-18-22-23-19(27-18)16-5-3-2-4-6-16/h2-6,9-10,15,17H,1,7-8,11,13H2. The number of carbonyl (C=O) groups is 1. The Morgan fingerprint density at radius 3 is 2.78 bits per heavy atom. The molecule has 0 radical (unpaired) electrons. The molecule has 1 fully saturated rings. The zero-order chi connectivity index (χ0) is 18.8. The summed E-state index contributed by atoms with van der Waals surface area (Å²) in [5.41, 5.74) is 1.46. The van der Waals surface area contributed by atoms with E-state index in [4.69, 9.17) is 5.26 Å². The number of nitrogens with zero attached hydrogens (tertiary/aromatic N) is 5. The van der Waals surface area contributed by atoms with Gasteiger partial charge in [0.15, 0.2) is 0 Å². The molecule has 1 aromatic carbocycles. The van der Waals surface area contributed by atoms with Gasteiger partial charge in [-0.25, -0.2) is 0 Å². The van der Waals surface area contributed by atoms with Crippen LogP contribution in [0, 0.1) is 17.2 Å². The Morgan fingerprint density at radius 2 is 2.04 bits per heavy atom. The Kier molecular flexibility index (Phi) is 4.73. The fraction of sp³-hybridized carbons (Fsp3) is 0.300. The van der Waals surface area contributed by atoms with Crippen LogP contribution in [0.25, 0.3) is 10.6 Å². The highest BCUT2D eigenvalue weighted by Crippen LogP contribution is 2.32. The number of benzene rings is 1. The average molecular weight is 377 g/mol. The smallest absolute Gasteiger partial charge is 0.274 e. The van der Waals surface area contributed by atoms with E-state index in [9.17, 15) is 4.79 Å². The van der Waals surface area contributed by atoms with Gasteiger partial charge in [0.25, 0.3) is 5.91 Å². The predicted molar refractivity (Wildman–Crippen MR) is 103 cm³/mol. The first-order chi connectivity index (χ1) is 13.2. The second-order valence-corrected chi connectivity index (χ2v) is 7.81. The summed E-state index contributed by atoms with van der Waals surface area (Å²) in [6, 6.07) is 12.3. The van der Waals surface area contributed by atoms with Crippen molar-refractivity contribution in [3.8, 4) is 16.6 Å². The van der Waals surface area contributed by atoms with Crippen LogP contribution < -0.4 is 0 Å². The van der Waals surface area contributed by atoms with Gasteiger partial charge in [0.1, 0.15) is 15.7 Å². The number of carbonyl (C=O) groups excluding carboxylic acids is 1. The second kappa shape index (κ2) is 7.33. The molecule has 27 heavy (non-hydrogen) atoms. The second-order valence-electron chi connectivity index (χ2n) is 6.75. The van der Waals surface area contributed by atoms with E-state index in [0.717, 1.165) is 34.8 Å². The summed E-state index contributed by atoms with van der Waals surface area (Å²) in [6.07, 6.45) is 6.12. The summed E-state index contributed by atoms with van der Waals surface area (Å²) in [5, 5.41) is 19.3. The minimum Gasteiger partial charge on any atom is -0.336 e. The minimum absolute atomic E-state index is 0.0419. The Balaban J connectivity index is 1.46. The van der Waals surface area contributed by atoms with Gasteiger partial charge in [0.2, 0.25) is 0 Å². The third-order valence-electron chi connectivity index (χ3n) is 5.01. The Hall–Kier alpha value is -2.98. The van der Waals surface area contributed by atoms with Crippen LogP contribution in [0.15, 0.2) is 55.0 Å². The van der Waals surface area contributed by atoms with Gasteiger partial charge >= 0.3 is 0 Å². The monoisotopic (exact) mass is 377 g/mol. The molecule has 1 aliphatic carbocycles. The number of hydrogen-bond acceptors (Lipinski definition) is 6. The molecule has 2 heterocycles. The van der Waals surface area contributed by atoms with Crippen molar-refractivity contribution in [2.45, 2.75) is 31.8 Å². The van der Waals surface area contributed by atoms with Crippen LogP contribution in [-0.2, 0) is 11.3 Å². The highest BCUT2D eigenvalue weighted by atomic mass is 32.1. The van der Waals surface area contributed by atoms with Crippen molar-refractivity contribution in [3.05, 3.63) is 60.0 Å². The third-order valence-corrected chi connectivity index (χ3v) is 5.97. The maximum Gasteiger partial charge on any atom is 0.274 e. The fourth-order valence-corrected chi connectivity index (χ4v) is 4.35. The molecule has 4 rings (SSSR count). The SMILES string of the molecule is C=C1C(=O)N(C2CCC(C#N)C2)C=CN1Cc1nnc(-c2ccccc2)s1. The maximum absolute atomic E-state index is 12.8. The van der Waals surface area contributed by atoms with Crippen LogP contribution >= 0.6 is 11.3 Å². The molecule has 1 aromatic heterocycles. The van der Waals surface area contributed by atoms with Gasteiger partial charge in [-0.1, -0.05) is 48.2 Å². The van der Waals surface area contributed by atoms with Gasteiger partial charge in [-0.15, -0.1) is 10.2 Å². The molecule has 136 valence electrons. The van der Waals surface area contributed by atoms with Crippen LogP contribution in [0.4, 0.5) is 0 Å². The highest BCUT2D eigenvalue weighted by molar-refractivity contribution is 7.14. The zero-order valence-electron chi connectivity index (χ0n) is 14.8. The Labute approximate surface area is 162 Å². The summed E-state index contributed by atoms with van der Waals surface area (Å²) in [4.78, 5) is 16.3. The van der Waals surface area contributed by atoms with Crippen molar-refractivity contribution in [3.63, 3.8) is 0 Å². The van der Waals surface area contributed by atoms with Crippen LogP contribution in [0.1, 0.15) is 24.3 Å². The molecule has 2 unspecified atom stereocenters. The summed E-state index contributed by atoms with van der Waals surface area (Å²) < 4.78 is 0. The fourth-order valence-electron chi connectivity index (χ4n) is 3.51. The first-order valence-electron chi connectivity index (χ1n) is 8.89. The van der Waals surface area contributed by atoms with Crippen molar-refractivity contribution in [2.24, 2.45) is 5.92 Å². The topological polar surface area (TPSA) is 73.1 Å². The maximum atomic E-state index is 12.8. The lowest BCUT2D eigenvalue weighted by Crippen LogP contribution is -2.42. The van der Waals surface area contributed by atoms with Gasteiger partial charge in [0.05, 0.1) is 12.6 Å². The van der Waals surface area contributed by atoms with E-state index in [1.54, 1.807) is 11.1 Å². The molecule has 2 aliphatic rings. The lowest BCUT2D eigenvalue weighted by Gasteiger charge is -2.34. The molecular formula is C20H19N5OS. The molecule has 6 nitrogen and oxygen atoms in total. The summed E-state index contributed by atoms with van der Waals surface area (Å²) >= 11 is 1.51. The normalized spacial score (nSPS) is 22.3. The van der Waals surface area contributed by atoms with Gasteiger partial charge in [-0.3, -0.25) is 4.79 Å². The van der Waals surface area contributed by atoms with E-state index in [1.807, 2.05) is 41.4 Å². The van der Waals surface area contributed by atoms with E-state index >= 15 is 0 Å². The Bertz CT molecular complexity index is 929. The first kappa shape index (κ1) is 17.4. The molecule has 0 saturated heterocycles. The van der Waals surface area contributed by atoms with Crippen molar-refractivity contribution in [1.29, 1.82) is 5.26 Å². The quantitative estimate of drug-likeness (QED) is 0.762. The van der Waals surface area contributed by atoms with Gasteiger partial charge < -0.3 is 9.80 Å². The molecule has 0 spiro atoms. The first-order valence-corrected chi connectivity index (χ1v) is 9.71. The minimum atomic E-state index is -0.103. The number of nitriles is 1. The van der Waals surface area contributed by atoms with E-state index < -0.39 is 0 Å². The van der Waals surface area contributed by atoms with Crippen molar-refractivity contribution < 1.29 is 4.79 Å². The molecular weight excluding hydrogens is 358 g/mol. The van der Waals surface area contributed by atoms with Gasteiger partial charge in [0, 0.05) is 29.9 Å². The molecule has 7 heteroatoms.